The van der Waals surface area contributed by atoms with Gasteiger partial charge in [-0.15, -0.1) is 0 Å². The van der Waals surface area contributed by atoms with Crippen LogP contribution in [0.2, 0.25) is 0 Å². The number of esters is 1. The normalized spacial score (nSPS) is 19.3. The molecule has 1 rings (SSSR count). The first-order valence-electron chi connectivity index (χ1n) is 4.00. The molecule has 1 N–H and O–H groups in total. The maximum atomic E-state index is 11.3. The number of nitrogens with zero attached hydrogens (tertiary/aromatic N) is 2. The van der Waals surface area contributed by atoms with E-state index in [2.05, 4.69) is 5.10 Å². The smallest absolute Gasteiger partial charge is 0.395 e. The Morgan fingerprint density at radius 3 is 2.69 bits per heavy atom. The lowest BCUT2D eigenvalue weighted by Gasteiger charge is -2.18. The zero-order valence-corrected chi connectivity index (χ0v) is 7.94. The lowest BCUT2D eigenvalue weighted by atomic mass is 10.4. The van der Waals surface area contributed by atoms with Gasteiger partial charge in [0, 0.05) is 0 Å². The Hall–Kier alpha value is -1.36. The van der Waals surface area contributed by atoms with Gasteiger partial charge in [-0.05, 0) is 12.0 Å². The summed E-state index contributed by atoms with van der Waals surface area (Å²) >= 11 is 0. The molecule has 0 radical (unpaired) electrons. The number of carbonyl (C=O) groups is 1. The van der Waals surface area contributed by atoms with Crippen molar-refractivity contribution in [1.82, 2.24) is 0 Å². The van der Waals surface area contributed by atoms with E-state index in [1.165, 1.54) is 6.08 Å². The molecule has 0 aromatic carbocycles. The van der Waals surface area contributed by atoms with Crippen LogP contribution in [0.25, 0.3) is 0 Å². The molecule has 5 heteroatoms. The van der Waals surface area contributed by atoms with Crippen LogP contribution in [0.3, 0.4) is 0 Å². The summed E-state index contributed by atoms with van der Waals surface area (Å²) in [6.45, 7) is 2.05. The summed E-state index contributed by atoms with van der Waals surface area (Å²) in [5.41, 5.74) is 0.333. The van der Waals surface area contributed by atoms with Crippen LogP contribution in [0.5, 0.6) is 0 Å². The standard InChI is InChI=1S/C8H12N2O3/c1-4-13-8(12)6-5-7(11)9-10(6,2)3/h5H,4H2,1-3H3/p+1. The van der Waals surface area contributed by atoms with Gasteiger partial charge in [-0.1, -0.05) is 0 Å². The van der Waals surface area contributed by atoms with Crippen LogP contribution in [-0.4, -0.2) is 42.3 Å². The van der Waals surface area contributed by atoms with Crippen LogP contribution in [0.4, 0.5) is 0 Å². The Labute approximate surface area is 76.5 Å². The van der Waals surface area contributed by atoms with Gasteiger partial charge in [0.2, 0.25) is 5.70 Å². The Morgan fingerprint density at radius 1 is 1.69 bits per heavy atom. The fourth-order valence-electron chi connectivity index (χ4n) is 1.11. The Morgan fingerprint density at radius 2 is 2.31 bits per heavy atom. The maximum absolute atomic E-state index is 11.3. The quantitative estimate of drug-likeness (QED) is 0.500. The molecule has 0 fully saturated rings. The Bertz CT molecular complexity index is 292. The van der Waals surface area contributed by atoms with Crippen molar-refractivity contribution in [2.45, 2.75) is 6.92 Å². The average molecular weight is 185 g/mol. The molecule has 13 heavy (non-hydrogen) atoms. The van der Waals surface area contributed by atoms with Crippen LogP contribution in [0.1, 0.15) is 6.92 Å². The molecule has 1 aliphatic rings. The van der Waals surface area contributed by atoms with Crippen molar-refractivity contribution in [2.75, 3.05) is 20.7 Å². The molecule has 0 aromatic rings. The van der Waals surface area contributed by atoms with Crippen LogP contribution in [0.15, 0.2) is 16.9 Å². The highest BCUT2D eigenvalue weighted by molar-refractivity contribution is 5.97. The van der Waals surface area contributed by atoms with Crippen LogP contribution < -0.4 is 0 Å². The molecule has 0 saturated heterocycles. The number of quaternary nitrogens is 1. The van der Waals surface area contributed by atoms with Crippen molar-refractivity contribution in [1.29, 1.82) is 0 Å². The van der Waals surface area contributed by atoms with Gasteiger partial charge in [-0.25, -0.2) is 4.79 Å². The van der Waals surface area contributed by atoms with Gasteiger partial charge in [0.1, 0.15) is 0 Å². The predicted octanol–water partition coefficient (Wildman–Crippen LogP) is 0.395. The molecule has 5 nitrogen and oxygen atoms in total. The van der Waals surface area contributed by atoms with E-state index < -0.39 is 5.97 Å². The molecule has 0 saturated carbocycles. The summed E-state index contributed by atoms with van der Waals surface area (Å²) in [6.07, 6.45) is 1.32. The Balaban J connectivity index is 2.84. The van der Waals surface area contributed by atoms with Crippen LogP contribution >= 0.6 is 0 Å². The lowest BCUT2D eigenvalue weighted by Crippen LogP contribution is -2.34. The van der Waals surface area contributed by atoms with E-state index in [0.717, 1.165) is 0 Å². The minimum atomic E-state index is -0.444. The highest BCUT2D eigenvalue weighted by Gasteiger charge is 2.36. The highest BCUT2D eigenvalue weighted by Crippen LogP contribution is 2.19. The van der Waals surface area contributed by atoms with Gasteiger partial charge in [0.25, 0.3) is 5.90 Å². The topological polar surface area (TPSA) is 58.9 Å². The maximum Gasteiger partial charge on any atom is 0.395 e. The van der Waals surface area contributed by atoms with Gasteiger partial charge >= 0.3 is 5.97 Å². The first-order valence-corrected chi connectivity index (χ1v) is 4.00. The van der Waals surface area contributed by atoms with E-state index in [1.54, 1.807) is 21.0 Å². The monoisotopic (exact) mass is 185 g/mol. The van der Waals surface area contributed by atoms with Gasteiger partial charge in [0.05, 0.1) is 26.8 Å². The van der Waals surface area contributed by atoms with Crippen molar-refractivity contribution < 1.29 is 19.2 Å². The van der Waals surface area contributed by atoms with Crippen molar-refractivity contribution in [3.05, 3.63) is 11.8 Å². The molecular formula is C8H13N2O3+. The number of ether oxygens (including phenoxy) is 1. The fourth-order valence-corrected chi connectivity index (χ4v) is 1.11. The number of aliphatic hydroxyl groups is 1. The molecule has 0 aromatic heterocycles. The van der Waals surface area contributed by atoms with Gasteiger partial charge in [0.15, 0.2) is 0 Å². The minimum absolute atomic E-state index is 0.0231. The second-order valence-electron chi connectivity index (χ2n) is 3.10. The zero-order valence-electron chi connectivity index (χ0n) is 7.94. The Kier molecular flexibility index (Phi) is 2.38. The third-order valence-corrected chi connectivity index (χ3v) is 1.69. The second-order valence-corrected chi connectivity index (χ2v) is 3.10. The zero-order chi connectivity index (χ0) is 10.1. The van der Waals surface area contributed by atoms with E-state index in [9.17, 15) is 4.79 Å². The van der Waals surface area contributed by atoms with Crippen LogP contribution in [0, 0.1) is 0 Å². The van der Waals surface area contributed by atoms with Gasteiger partial charge in [-0.2, -0.15) is 4.59 Å². The molecule has 0 aliphatic carbocycles. The van der Waals surface area contributed by atoms with Crippen molar-refractivity contribution >= 4 is 11.9 Å². The number of hydrogen-bond acceptors (Lipinski definition) is 3. The molecule has 0 atom stereocenters. The number of likely N-dealkylation sites (N-methyl/N-ethyl adjacent to an activating group) is 1. The third kappa shape index (κ3) is 1.86. The number of aliphatic hydroxyl groups excluding tert-OH is 1. The minimum Gasteiger partial charge on any atom is -0.490 e. The number of rotatable bonds is 2. The molecule has 0 bridgehead atoms. The molecule has 0 amide bonds. The van der Waals surface area contributed by atoms with E-state index >= 15 is 0 Å². The van der Waals surface area contributed by atoms with Crippen molar-refractivity contribution in [2.24, 2.45) is 5.10 Å². The molecule has 0 spiro atoms. The van der Waals surface area contributed by atoms with Gasteiger partial charge < -0.3 is 9.84 Å². The summed E-state index contributed by atoms with van der Waals surface area (Å²) in [6, 6.07) is 0. The first-order chi connectivity index (χ1) is 5.97. The third-order valence-electron chi connectivity index (χ3n) is 1.69. The SMILES string of the molecule is CCOC(=O)C1=CC(O)=N[N+]1(C)C. The molecule has 0 unspecified atom stereocenters. The van der Waals surface area contributed by atoms with Crippen molar-refractivity contribution in [3.63, 3.8) is 0 Å². The number of carbonyl (C=O) groups excluding carboxylic acids is 1. The highest BCUT2D eigenvalue weighted by atomic mass is 16.5. The summed E-state index contributed by atoms with van der Waals surface area (Å²) < 4.78 is 4.78. The van der Waals surface area contributed by atoms with Crippen molar-refractivity contribution in [3.8, 4) is 0 Å². The largest absolute Gasteiger partial charge is 0.490 e. The summed E-state index contributed by atoms with van der Waals surface area (Å²) in [4.78, 5) is 11.3. The van der Waals surface area contributed by atoms with E-state index in [-0.39, 0.29) is 10.5 Å². The first kappa shape index (κ1) is 9.73. The molecular weight excluding hydrogens is 172 g/mol. The van der Waals surface area contributed by atoms with E-state index in [4.69, 9.17) is 9.84 Å². The summed E-state index contributed by atoms with van der Waals surface area (Å²) in [5, 5.41) is 12.9. The second kappa shape index (κ2) is 3.18. The van der Waals surface area contributed by atoms with E-state index in [1.807, 2.05) is 0 Å². The van der Waals surface area contributed by atoms with Gasteiger partial charge in [-0.3, -0.25) is 0 Å². The summed E-state index contributed by atoms with van der Waals surface area (Å²) in [7, 11) is 3.37. The van der Waals surface area contributed by atoms with Crippen LogP contribution in [-0.2, 0) is 9.53 Å². The average Bonchev–Trinajstić information content (AvgIpc) is 2.24. The van der Waals surface area contributed by atoms with E-state index in [0.29, 0.717) is 12.3 Å². The molecule has 1 aliphatic heterocycles. The summed E-state index contributed by atoms with van der Waals surface area (Å²) in [5.74, 6) is -0.589. The molecule has 72 valence electrons. The predicted molar refractivity (Wildman–Crippen MR) is 46.9 cm³/mol. The fraction of sp³-hybridized carbons (Fsp3) is 0.500. The lowest BCUT2D eigenvalue weighted by molar-refractivity contribution is -0.852. The number of hydrogen-bond donors (Lipinski definition) is 1. The molecule has 1 heterocycles.